The number of aromatic nitrogens is 2. The van der Waals surface area contributed by atoms with Gasteiger partial charge in [0.25, 0.3) is 0 Å². The van der Waals surface area contributed by atoms with Crippen molar-refractivity contribution in [2.75, 3.05) is 0 Å². The monoisotopic (exact) mass is 800 g/mol. The molecule has 0 N–H and O–H groups in total. The Bertz CT molecular complexity index is 3100. The Morgan fingerprint density at radius 2 is 0.700 bits per heavy atom. The third-order valence-electron chi connectivity index (χ3n) is 11.7. The molecule has 0 radical (unpaired) electrons. The topological polar surface area (TPSA) is 9.86 Å². The van der Waals surface area contributed by atoms with E-state index in [1.54, 1.807) is 0 Å². The zero-order chi connectivity index (χ0) is 41.5. The largest absolute Gasteiger partial charge is 0.417 e. The summed E-state index contributed by atoms with van der Waals surface area (Å²) >= 11 is 0. The second kappa shape index (κ2) is 13.8. The van der Waals surface area contributed by atoms with Crippen LogP contribution >= 0.6 is 0 Å². The van der Waals surface area contributed by atoms with E-state index in [1.807, 2.05) is 156 Å². The van der Waals surface area contributed by atoms with Crippen LogP contribution < -0.4 is 0 Å². The molecule has 0 aliphatic rings. The summed E-state index contributed by atoms with van der Waals surface area (Å²) in [6.07, 6.45) is -9.94. The van der Waals surface area contributed by atoms with Gasteiger partial charge in [-0.25, -0.2) is 0 Å². The van der Waals surface area contributed by atoms with Crippen LogP contribution in [-0.2, 0) is 12.4 Å². The maximum Gasteiger partial charge on any atom is 0.417 e. The van der Waals surface area contributed by atoms with Gasteiger partial charge in [0, 0.05) is 32.9 Å². The number of aryl methyl sites for hydroxylation is 2. The molecule has 0 unspecified atom stereocenters. The molecule has 8 aromatic carbocycles. The van der Waals surface area contributed by atoms with Gasteiger partial charge in [0.15, 0.2) is 0 Å². The molecular weight excluding hydrogens is 767 g/mol. The molecule has 2 heterocycles. The van der Waals surface area contributed by atoms with Crippen LogP contribution in [0.4, 0.5) is 26.3 Å². The van der Waals surface area contributed by atoms with Crippen molar-refractivity contribution < 1.29 is 26.3 Å². The summed E-state index contributed by atoms with van der Waals surface area (Å²) in [7, 11) is 0. The number of nitrogens with zero attached hydrogens (tertiary/aromatic N) is 2. The number of fused-ring (bicyclic) bond motifs is 6. The van der Waals surface area contributed by atoms with Crippen LogP contribution in [0.25, 0.3) is 88.4 Å². The summed E-state index contributed by atoms with van der Waals surface area (Å²) in [5, 5.41) is 3.44. The second-order valence-corrected chi connectivity index (χ2v) is 15.3. The minimum Gasteiger partial charge on any atom is -0.309 e. The predicted molar refractivity (Wildman–Crippen MR) is 231 cm³/mol. The van der Waals surface area contributed by atoms with Crippen molar-refractivity contribution in [2.45, 2.75) is 26.2 Å². The third-order valence-corrected chi connectivity index (χ3v) is 11.7. The normalized spacial score (nSPS) is 12.3. The van der Waals surface area contributed by atoms with E-state index < -0.39 is 34.6 Å². The van der Waals surface area contributed by atoms with Gasteiger partial charge in [-0.3, -0.25) is 0 Å². The van der Waals surface area contributed by atoms with Crippen LogP contribution in [0.2, 0.25) is 0 Å². The van der Waals surface area contributed by atoms with E-state index in [-0.39, 0.29) is 0 Å². The molecule has 294 valence electrons. The van der Waals surface area contributed by atoms with Crippen molar-refractivity contribution in [2.24, 2.45) is 0 Å². The highest BCUT2D eigenvalue weighted by Gasteiger charge is 2.39. The van der Waals surface area contributed by atoms with Crippen LogP contribution in [0.1, 0.15) is 22.3 Å². The van der Waals surface area contributed by atoms with Gasteiger partial charge in [0.2, 0.25) is 0 Å². The first kappa shape index (κ1) is 37.2. The minimum atomic E-state index is -4.97. The first-order valence-electron chi connectivity index (χ1n) is 19.5. The molecule has 10 rings (SSSR count). The maximum atomic E-state index is 15.2. The van der Waals surface area contributed by atoms with Crippen molar-refractivity contribution in [3.63, 3.8) is 0 Å². The average Bonchev–Trinajstić information content (AvgIpc) is 3.75. The number of hydrogen-bond donors (Lipinski definition) is 0. The van der Waals surface area contributed by atoms with E-state index in [9.17, 15) is 0 Å². The van der Waals surface area contributed by atoms with Gasteiger partial charge in [0.1, 0.15) is 0 Å². The lowest BCUT2D eigenvalue weighted by molar-refractivity contribution is -0.139. The first-order chi connectivity index (χ1) is 28.9. The highest BCUT2D eigenvalue weighted by Crippen LogP contribution is 2.46. The van der Waals surface area contributed by atoms with Crippen LogP contribution in [0.3, 0.4) is 0 Å². The van der Waals surface area contributed by atoms with E-state index in [0.29, 0.717) is 33.4 Å². The molecule has 2 aromatic heterocycles. The molecule has 0 amide bonds. The third kappa shape index (κ3) is 6.05. The molecule has 8 heteroatoms. The quantitative estimate of drug-likeness (QED) is 0.153. The number of alkyl halides is 6. The van der Waals surface area contributed by atoms with E-state index in [1.165, 1.54) is 24.3 Å². The van der Waals surface area contributed by atoms with Gasteiger partial charge in [-0.05, 0) is 119 Å². The first-order valence-corrected chi connectivity index (χ1v) is 19.5. The smallest absolute Gasteiger partial charge is 0.309 e. The lowest BCUT2D eigenvalue weighted by Gasteiger charge is -2.21. The summed E-state index contributed by atoms with van der Waals surface area (Å²) in [6, 6.07) is 49.9. The van der Waals surface area contributed by atoms with Crippen LogP contribution in [0, 0.1) is 13.8 Å². The Kier molecular flexibility index (Phi) is 8.54. The zero-order valence-electron chi connectivity index (χ0n) is 32.3. The summed E-state index contributed by atoms with van der Waals surface area (Å²) in [6.45, 7) is 4.01. The fourth-order valence-electron chi connectivity index (χ4n) is 8.91. The van der Waals surface area contributed by atoms with E-state index >= 15 is 26.3 Å². The van der Waals surface area contributed by atoms with Gasteiger partial charge >= 0.3 is 12.4 Å². The number of halogens is 6. The Hall–Kier alpha value is -7.06. The lowest BCUT2D eigenvalue weighted by Crippen LogP contribution is -2.12. The SMILES string of the molecule is Cc1ccccc1-c1ccc2c3ccccc3n(-c3ccc(C(F)(F)F)c(-c4cc(-n5c6ccccc6c6ccc(-c7ccccc7C)cc65)ccc4C(F)(F)F)c3)c2c1. The van der Waals surface area contributed by atoms with Gasteiger partial charge in [-0.15, -0.1) is 0 Å². The van der Waals surface area contributed by atoms with Crippen LogP contribution in [0.5, 0.6) is 0 Å². The Morgan fingerprint density at radius 1 is 0.333 bits per heavy atom. The van der Waals surface area contributed by atoms with Crippen molar-refractivity contribution in [1.29, 1.82) is 0 Å². The van der Waals surface area contributed by atoms with Gasteiger partial charge in [0.05, 0.1) is 33.2 Å². The summed E-state index contributed by atoms with van der Waals surface area (Å²) < 4.78 is 94.6. The Labute approximate surface area is 341 Å². The molecule has 0 bridgehead atoms. The molecule has 0 aliphatic heterocycles. The van der Waals surface area contributed by atoms with Crippen molar-refractivity contribution in [3.05, 3.63) is 192 Å². The van der Waals surface area contributed by atoms with E-state index in [2.05, 4.69) is 0 Å². The fraction of sp³-hybridized carbons (Fsp3) is 0.0769. The molecule has 60 heavy (non-hydrogen) atoms. The Morgan fingerprint density at radius 3 is 1.10 bits per heavy atom. The molecule has 0 saturated carbocycles. The molecule has 0 saturated heterocycles. The standard InChI is InChI=1S/C52H34F6N2/c1-31-11-3-5-13-37(31)33-19-23-41-39-15-7-9-17-47(39)59(49(41)27-33)35-21-25-45(51(53,54)55)43(29-35)44-30-36(22-26-46(44)52(56,57)58)60-48-18-10-8-16-40(48)42-24-20-34(28-50(42)60)38-14-6-4-12-32(38)2/h3-30H,1-2H3. The molecule has 0 fully saturated rings. The number of rotatable bonds is 5. The van der Waals surface area contributed by atoms with E-state index in [0.717, 1.165) is 67.1 Å². The molecule has 2 nitrogen and oxygen atoms in total. The fourth-order valence-corrected chi connectivity index (χ4v) is 8.91. The predicted octanol–water partition coefficient (Wildman–Crippen LogP) is 15.5. The van der Waals surface area contributed by atoms with E-state index in [4.69, 9.17) is 0 Å². The van der Waals surface area contributed by atoms with Crippen molar-refractivity contribution in [3.8, 4) is 44.8 Å². The molecular formula is C52H34F6N2. The van der Waals surface area contributed by atoms with Gasteiger partial charge in [-0.1, -0.05) is 109 Å². The maximum absolute atomic E-state index is 15.2. The summed E-state index contributed by atoms with van der Waals surface area (Å²) in [4.78, 5) is 0. The molecule has 0 aliphatic carbocycles. The number of hydrogen-bond acceptors (Lipinski definition) is 0. The van der Waals surface area contributed by atoms with Crippen LogP contribution in [-0.4, -0.2) is 9.13 Å². The summed E-state index contributed by atoms with van der Waals surface area (Å²) in [5.74, 6) is 0. The van der Waals surface area contributed by atoms with Crippen molar-refractivity contribution in [1.82, 2.24) is 9.13 Å². The summed E-state index contributed by atoms with van der Waals surface area (Å²) in [5.41, 5.74) is 5.83. The van der Waals surface area contributed by atoms with Gasteiger partial charge in [-0.2, -0.15) is 26.3 Å². The molecule has 0 atom stereocenters. The van der Waals surface area contributed by atoms with Gasteiger partial charge < -0.3 is 9.13 Å². The molecule has 10 aromatic rings. The molecule has 0 spiro atoms. The van der Waals surface area contributed by atoms with Crippen molar-refractivity contribution >= 4 is 43.6 Å². The average molecular weight is 801 g/mol. The minimum absolute atomic E-state index is 0.296. The lowest BCUT2D eigenvalue weighted by atomic mass is 9.93. The second-order valence-electron chi connectivity index (χ2n) is 15.3. The Balaban J connectivity index is 1.25. The highest BCUT2D eigenvalue weighted by molar-refractivity contribution is 6.11. The van der Waals surface area contributed by atoms with Crippen LogP contribution in [0.15, 0.2) is 170 Å². The highest BCUT2D eigenvalue weighted by atomic mass is 19.4. The zero-order valence-corrected chi connectivity index (χ0v) is 32.3. The number of para-hydroxylation sites is 2. The number of benzene rings is 8.